The first kappa shape index (κ1) is 19.4. The molecule has 1 N–H and O–H groups in total. The molecule has 1 saturated carbocycles. The first-order valence-corrected chi connectivity index (χ1v) is 11.8. The molecule has 0 radical (unpaired) electrons. The topological polar surface area (TPSA) is 62.5 Å². The van der Waals surface area contributed by atoms with E-state index in [2.05, 4.69) is 27.6 Å². The number of carbonyl (C=O) groups is 1. The van der Waals surface area contributed by atoms with Crippen molar-refractivity contribution in [3.05, 3.63) is 54.5 Å². The maximum absolute atomic E-state index is 13.1. The summed E-state index contributed by atoms with van der Waals surface area (Å²) in [5.74, 6) is 1.14. The highest BCUT2D eigenvalue weighted by atomic mass is 32.2. The number of amides is 2. The molecular formula is C23H27N5OS. The number of para-hydroxylation sites is 1. The van der Waals surface area contributed by atoms with Gasteiger partial charge in [-0.2, -0.15) is 0 Å². The van der Waals surface area contributed by atoms with Crippen molar-refractivity contribution in [3.63, 3.8) is 0 Å². The molecule has 1 aromatic carbocycles. The van der Waals surface area contributed by atoms with Crippen LogP contribution < -0.4 is 5.32 Å². The van der Waals surface area contributed by atoms with Gasteiger partial charge in [-0.3, -0.25) is 4.40 Å². The van der Waals surface area contributed by atoms with Crippen LogP contribution >= 0.6 is 11.8 Å². The molecule has 30 heavy (non-hydrogen) atoms. The average molecular weight is 422 g/mol. The van der Waals surface area contributed by atoms with Crippen molar-refractivity contribution < 1.29 is 4.79 Å². The van der Waals surface area contributed by atoms with E-state index in [9.17, 15) is 4.79 Å². The molecule has 3 heterocycles. The molecule has 5 rings (SSSR count). The van der Waals surface area contributed by atoms with Crippen LogP contribution in [0.25, 0.3) is 5.65 Å². The quantitative estimate of drug-likeness (QED) is 0.631. The molecule has 1 atom stereocenters. The van der Waals surface area contributed by atoms with Crippen LogP contribution in [0.1, 0.15) is 50.3 Å². The summed E-state index contributed by atoms with van der Waals surface area (Å²) in [5.41, 5.74) is 1.78. The Labute approximate surface area is 181 Å². The minimum Gasteiger partial charge on any atom is -0.324 e. The smallest absolute Gasteiger partial charge is 0.321 e. The van der Waals surface area contributed by atoms with E-state index in [-0.39, 0.29) is 11.9 Å². The fourth-order valence-electron chi connectivity index (χ4n) is 4.56. The Bertz CT molecular complexity index is 1030. The molecule has 2 aliphatic rings. The summed E-state index contributed by atoms with van der Waals surface area (Å²) >= 11 is 1.91. The second-order valence-corrected chi connectivity index (χ2v) is 9.57. The maximum Gasteiger partial charge on any atom is 0.321 e. The fraction of sp³-hybridized carbons (Fsp3) is 0.435. The SMILES string of the molecule is O=C(Nc1ccccc1SC1CCCC1)N1CCC[C@@H](c2nnc3ccccn23)C1. The lowest BCUT2D eigenvalue weighted by atomic mass is 9.97. The van der Waals surface area contributed by atoms with Crippen LogP contribution in [-0.2, 0) is 0 Å². The Kier molecular flexibility index (Phi) is 5.62. The highest BCUT2D eigenvalue weighted by molar-refractivity contribution is 8.00. The molecule has 0 spiro atoms. The van der Waals surface area contributed by atoms with Crippen molar-refractivity contribution in [2.24, 2.45) is 0 Å². The maximum atomic E-state index is 13.1. The minimum atomic E-state index is -0.0204. The Morgan fingerprint density at radius 1 is 1.00 bits per heavy atom. The molecule has 6 nitrogen and oxygen atoms in total. The standard InChI is InChI=1S/C23H27N5OS/c29-23(24-19-11-3-4-12-20(19)30-18-9-1-2-10-18)27-14-7-8-17(16-27)22-26-25-21-13-5-6-15-28(21)22/h3-6,11-13,15,17-18H,1-2,7-10,14,16H2,(H,24,29)/t17-/m1/s1. The van der Waals surface area contributed by atoms with Gasteiger partial charge in [0.1, 0.15) is 5.82 Å². The van der Waals surface area contributed by atoms with Crippen LogP contribution in [0.5, 0.6) is 0 Å². The number of pyridine rings is 1. The number of likely N-dealkylation sites (tertiary alicyclic amines) is 1. The lowest BCUT2D eigenvalue weighted by Gasteiger charge is -2.32. The second kappa shape index (κ2) is 8.68. The highest BCUT2D eigenvalue weighted by Gasteiger charge is 2.28. The molecule has 2 amide bonds. The molecule has 2 aromatic heterocycles. The first-order valence-electron chi connectivity index (χ1n) is 10.9. The van der Waals surface area contributed by atoms with Gasteiger partial charge in [-0.25, -0.2) is 4.79 Å². The number of nitrogens with one attached hydrogen (secondary N) is 1. The van der Waals surface area contributed by atoms with Gasteiger partial charge >= 0.3 is 6.03 Å². The largest absolute Gasteiger partial charge is 0.324 e. The van der Waals surface area contributed by atoms with Crippen LogP contribution in [0, 0.1) is 0 Å². The molecule has 0 bridgehead atoms. The van der Waals surface area contributed by atoms with Crippen LogP contribution in [-0.4, -0.2) is 43.9 Å². The third-order valence-corrected chi connectivity index (χ3v) is 7.55. The van der Waals surface area contributed by atoms with Crippen LogP contribution in [0.15, 0.2) is 53.6 Å². The number of hydrogen-bond acceptors (Lipinski definition) is 4. The lowest BCUT2D eigenvalue weighted by Crippen LogP contribution is -2.42. The van der Waals surface area contributed by atoms with E-state index >= 15 is 0 Å². The Balaban J connectivity index is 1.29. The number of fused-ring (bicyclic) bond motifs is 1. The van der Waals surface area contributed by atoms with Crippen LogP contribution in [0.3, 0.4) is 0 Å². The normalized spacial score (nSPS) is 20.0. The van der Waals surface area contributed by atoms with Crippen molar-refractivity contribution in [2.75, 3.05) is 18.4 Å². The molecule has 2 fully saturated rings. The van der Waals surface area contributed by atoms with Crippen molar-refractivity contribution in [3.8, 4) is 0 Å². The summed E-state index contributed by atoms with van der Waals surface area (Å²) in [6.45, 7) is 1.44. The van der Waals surface area contributed by atoms with E-state index in [0.29, 0.717) is 11.8 Å². The number of aromatic nitrogens is 3. The lowest BCUT2D eigenvalue weighted by molar-refractivity contribution is 0.191. The van der Waals surface area contributed by atoms with Gasteiger partial charge in [0.25, 0.3) is 0 Å². The Hall–Kier alpha value is -2.54. The minimum absolute atomic E-state index is 0.0204. The van der Waals surface area contributed by atoms with E-state index in [1.165, 1.54) is 30.6 Å². The van der Waals surface area contributed by atoms with Gasteiger partial charge in [-0.15, -0.1) is 22.0 Å². The molecule has 0 unspecified atom stereocenters. The molecular weight excluding hydrogens is 394 g/mol. The van der Waals surface area contributed by atoms with E-state index in [1.807, 2.05) is 57.6 Å². The molecule has 156 valence electrons. The summed E-state index contributed by atoms with van der Waals surface area (Å²) in [7, 11) is 0. The van der Waals surface area contributed by atoms with E-state index in [1.54, 1.807) is 0 Å². The number of nitrogens with zero attached hydrogens (tertiary/aromatic N) is 4. The zero-order valence-electron chi connectivity index (χ0n) is 17.0. The first-order chi connectivity index (χ1) is 14.8. The molecule has 7 heteroatoms. The zero-order chi connectivity index (χ0) is 20.3. The number of carbonyl (C=O) groups excluding carboxylic acids is 1. The molecule has 1 saturated heterocycles. The number of thioether (sulfide) groups is 1. The molecule has 1 aliphatic heterocycles. The summed E-state index contributed by atoms with van der Waals surface area (Å²) < 4.78 is 2.04. The zero-order valence-corrected chi connectivity index (χ0v) is 17.9. The number of anilines is 1. The summed E-state index contributed by atoms with van der Waals surface area (Å²) in [6, 6.07) is 14.1. The summed E-state index contributed by atoms with van der Waals surface area (Å²) in [5, 5.41) is 12.6. The Morgan fingerprint density at radius 2 is 1.83 bits per heavy atom. The third-order valence-electron chi connectivity index (χ3n) is 6.14. The fourth-order valence-corrected chi connectivity index (χ4v) is 5.89. The van der Waals surface area contributed by atoms with E-state index in [4.69, 9.17) is 0 Å². The predicted octanol–water partition coefficient (Wildman–Crippen LogP) is 5.18. The molecule has 1 aliphatic carbocycles. The number of rotatable bonds is 4. The van der Waals surface area contributed by atoms with E-state index in [0.717, 1.165) is 36.5 Å². The highest BCUT2D eigenvalue weighted by Crippen LogP contribution is 2.38. The monoisotopic (exact) mass is 421 g/mol. The van der Waals surface area contributed by atoms with Crippen LogP contribution in [0.4, 0.5) is 10.5 Å². The van der Waals surface area contributed by atoms with Gasteiger partial charge in [0, 0.05) is 35.3 Å². The average Bonchev–Trinajstić information content (AvgIpc) is 3.45. The van der Waals surface area contributed by atoms with Gasteiger partial charge in [-0.05, 0) is 49.9 Å². The summed E-state index contributed by atoms with van der Waals surface area (Å²) in [6.07, 6.45) is 9.17. The van der Waals surface area contributed by atoms with Crippen molar-refractivity contribution in [1.82, 2.24) is 19.5 Å². The summed E-state index contributed by atoms with van der Waals surface area (Å²) in [4.78, 5) is 16.2. The number of benzene rings is 1. The van der Waals surface area contributed by atoms with Crippen molar-refractivity contribution in [2.45, 2.75) is 54.6 Å². The van der Waals surface area contributed by atoms with Gasteiger partial charge in [0.15, 0.2) is 5.65 Å². The Morgan fingerprint density at radius 3 is 2.73 bits per heavy atom. The number of piperidine rings is 1. The van der Waals surface area contributed by atoms with Gasteiger partial charge in [0.05, 0.1) is 5.69 Å². The van der Waals surface area contributed by atoms with Crippen LogP contribution in [0.2, 0.25) is 0 Å². The third kappa shape index (κ3) is 4.03. The molecule has 3 aromatic rings. The van der Waals surface area contributed by atoms with Gasteiger partial charge in [-0.1, -0.05) is 31.0 Å². The van der Waals surface area contributed by atoms with Gasteiger partial charge < -0.3 is 10.2 Å². The second-order valence-electron chi connectivity index (χ2n) is 8.22. The van der Waals surface area contributed by atoms with Crippen molar-refractivity contribution >= 4 is 29.1 Å². The number of urea groups is 1. The van der Waals surface area contributed by atoms with Crippen molar-refractivity contribution in [1.29, 1.82) is 0 Å². The number of hydrogen-bond donors (Lipinski definition) is 1. The van der Waals surface area contributed by atoms with E-state index < -0.39 is 0 Å². The van der Waals surface area contributed by atoms with Gasteiger partial charge in [0.2, 0.25) is 0 Å². The predicted molar refractivity (Wildman–Crippen MR) is 120 cm³/mol.